The van der Waals surface area contributed by atoms with Crippen molar-refractivity contribution >= 4 is 15.9 Å². The van der Waals surface area contributed by atoms with Gasteiger partial charge in [-0.1, -0.05) is 30.3 Å². The number of aromatic nitrogens is 2. The molecule has 1 N–H and O–H groups in total. The van der Waals surface area contributed by atoms with E-state index < -0.39 is 0 Å². The lowest BCUT2D eigenvalue weighted by atomic mass is 10.0. The Hall–Kier alpha value is -1.68. The molecule has 1 aromatic heterocycles. The number of nitrogens with zero attached hydrogens (tertiary/aromatic N) is 4. The molecule has 2 heterocycles. The molecular formula is C19H24BrN5. The van der Waals surface area contributed by atoms with Crippen molar-refractivity contribution in [3.63, 3.8) is 0 Å². The lowest BCUT2D eigenvalue weighted by Gasteiger charge is -2.43. The number of nitrogens with one attached hydrogen (secondary N) is 1. The molecule has 6 heteroatoms. The molecule has 0 saturated carbocycles. The van der Waals surface area contributed by atoms with Gasteiger partial charge in [0.05, 0.1) is 11.8 Å². The van der Waals surface area contributed by atoms with E-state index in [0.717, 1.165) is 47.9 Å². The molecule has 1 fully saturated rings. The van der Waals surface area contributed by atoms with E-state index in [2.05, 4.69) is 62.5 Å². The van der Waals surface area contributed by atoms with E-state index >= 15 is 0 Å². The van der Waals surface area contributed by atoms with Gasteiger partial charge in [-0.05, 0) is 36.7 Å². The maximum atomic E-state index is 9.79. The number of hydrogen-bond acceptors (Lipinski definition) is 4. The second-order valence-corrected chi connectivity index (χ2v) is 8.13. The highest BCUT2D eigenvalue weighted by Gasteiger charge is 2.31. The third-order valence-corrected chi connectivity index (χ3v) is 5.36. The van der Waals surface area contributed by atoms with Crippen LogP contribution in [0.2, 0.25) is 0 Å². The summed E-state index contributed by atoms with van der Waals surface area (Å²) >= 11 is 3.54. The van der Waals surface area contributed by atoms with Crippen LogP contribution in [0.5, 0.6) is 0 Å². The second kappa shape index (κ2) is 7.28. The highest BCUT2D eigenvalue weighted by molar-refractivity contribution is 9.10. The van der Waals surface area contributed by atoms with Crippen molar-refractivity contribution in [3.8, 4) is 17.5 Å². The molecular weight excluding hydrogens is 378 g/mol. The Morgan fingerprint density at radius 2 is 1.80 bits per heavy atom. The minimum Gasteiger partial charge on any atom is -0.339 e. The van der Waals surface area contributed by atoms with Gasteiger partial charge < -0.3 is 4.98 Å². The maximum absolute atomic E-state index is 9.79. The molecule has 132 valence electrons. The molecule has 5 nitrogen and oxygen atoms in total. The molecule has 0 amide bonds. The summed E-state index contributed by atoms with van der Waals surface area (Å²) in [7, 11) is 0. The number of hydrogen-bond donors (Lipinski definition) is 1. The van der Waals surface area contributed by atoms with E-state index in [-0.39, 0.29) is 11.6 Å². The number of nitriles is 1. The van der Waals surface area contributed by atoms with Crippen LogP contribution >= 0.6 is 15.9 Å². The van der Waals surface area contributed by atoms with E-state index in [1.807, 2.05) is 30.3 Å². The lowest BCUT2D eigenvalue weighted by molar-refractivity contribution is 0.0512. The zero-order chi connectivity index (χ0) is 18.0. The number of piperazine rings is 1. The van der Waals surface area contributed by atoms with Crippen LogP contribution < -0.4 is 0 Å². The molecule has 1 atom stereocenters. The average molecular weight is 402 g/mol. The molecule has 0 aliphatic carbocycles. The van der Waals surface area contributed by atoms with Gasteiger partial charge in [0.2, 0.25) is 0 Å². The van der Waals surface area contributed by atoms with Crippen molar-refractivity contribution in [1.82, 2.24) is 19.8 Å². The zero-order valence-corrected chi connectivity index (χ0v) is 16.5. The standard InChI is InChI=1S/C19H24BrN5/c1-19(2,3)25-11-9-24(10-12-25)15(13-21)16-17(20)23-18(22-16)14-7-5-4-6-8-14/h4-8,15H,9-12H2,1-3H3,(H,22,23). The fourth-order valence-corrected chi connectivity index (χ4v) is 3.75. The van der Waals surface area contributed by atoms with Crippen LogP contribution in [-0.2, 0) is 0 Å². The number of rotatable bonds is 3. The van der Waals surface area contributed by atoms with E-state index in [9.17, 15) is 5.26 Å². The Morgan fingerprint density at radius 1 is 1.16 bits per heavy atom. The summed E-state index contributed by atoms with van der Waals surface area (Å²) in [6.45, 7) is 10.4. The number of halogens is 1. The Labute approximate surface area is 157 Å². The van der Waals surface area contributed by atoms with Crippen molar-refractivity contribution in [2.24, 2.45) is 0 Å². The summed E-state index contributed by atoms with van der Waals surface area (Å²) < 4.78 is 0.719. The Bertz CT molecular complexity index is 748. The first-order valence-corrected chi connectivity index (χ1v) is 9.39. The fourth-order valence-electron chi connectivity index (χ4n) is 3.26. The lowest BCUT2D eigenvalue weighted by Crippen LogP contribution is -2.53. The van der Waals surface area contributed by atoms with E-state index in [4.69, 9.17) is 0 Å². The van der Waals surface area contributed by atoms with Crippen LogP contribution in [0.4, 0.5) is 0 Å². The molecule has 1 aromatic carbocycles. The first-order chi connectivity index (χ1) is 11.9. The summed E-state index contributed by atoms with van der Waals surface area (Å²) in [5, 5.41) is 9.79. The van der Waals surface area contributed by atoms with Crippen LogP contribution in [0.25, 0.3) is 11.4 Å². The van der Waals surface area contributed by atoms with Crippen LogP contribution in [0.15, 0.2) is 34.9 Å². The van der Waals surface area contributed by atoms with Gasteiger partial charge >= 0.3 is 0 Å². The normalized spacial score (nSPS) is 18.0. The van der Waals surface area contributed by atoms with Gasteiger partial charge in [-0.2, -0.15) is 5.26 Å². The van der Waals surface area contributed by atoms with Crippen molar-refractivity contribution < 1.29 is 0 Å². The number of imidazole rings is 1. The molecule has 2 aromatic rings. The minimum atomic E-state index is -0.318. The Balaban J connectivity index is 1.79. The summed E-state index contributed by atoms with van der Waals surface area (Å²) in [6.07, 6.45) is 0. The Kier molecular flexibility index (Phi) is 5.28. The quantitative estimate of drug-likeness (QED) is 0.848. The topological polar surface area (TPSA) is 59.0 Å². The van der Waals surface area contributed by atoms with Gasteiger partial charge in [0, 0.05) is 37.3 Å². The van der Waals surface area contributed by atoms with E-state index in [1.165, 1.54) is 0 Å². The highest BCUT2D eigenvalue weighted by Crippen LogP contribution is 2.30. The summed E-state index contributed by atoms with van der Waals surface area (Å²) in [5.74, 6) is 0.788. The molecule has 1 unspecified atom stereocenters. The molecule has 1 saturated heterocycles. The molecule has 1 aliphatic rings. The molecule has 0 spiro atoms. The monoisotopic (exact) mass is 401 g/mol. The number of H-pyrrole nitrogens is 1. The van der Waals surface area contributed by atoms with Crippen molar-refractivity contribution in [2.75, 3.05) is 26.2 Å². The summed E-state index contributed by atoms with van der Waals surface area (Å²) in [5.41, 5.74) is 2.03. The van der Waals surface area contributed by atoms with Gasteiger partial charge in [-0.15, -0.1) is 0 Å². The fraction of sp³-hybridized carbons (Fsp3) is 0.474. The largest absolute Gasteiger partial charge is 0.339 e. The van der Waals surface area contributed by atoms with Crippen molar-refractivity contribution in [1.29, 1.82) is 5.26 Å². The molecule has 0 radical (unpaired) electrons. The average Bonchev–Trinajstić information content (AvgIpc) is 2.98. The Morgan fingerprint density at radius 3 is 2.36 bits per heavy atom. The summed E-state index contributed by atoms with van der Waals surface area (Å²) in [6, 6.07) is 12.1. The number of benzene rings is 1. The third kappa shape index (κ3) is 3.95. The van der Waals surface area contributed by atoms with Gasteiger partial charge in [-0.3, -0.25) is 9.80 Å². The van der Waals surface area contributed by atoms with E-state index in [1.54, 1.807) is 0 Å². The first-order valence-electron chi connectivity index (χ1n) is 8.59. The second-order valence-electron chi connectivity index (χ2n) is 7.38. The molecule has 3 rings (SSSR count). The molecule has 0 bridgehead atoms. The van der Waals surface area contributed by atoms with Gasteiger partial charge in [0.25, 0.3) is 0 Å². The zero-order valence-electron chi connectivity index (χ0n) is 15.0. The predicted octanol–water partition coefficient (Wildman–Crippen LogP) is 3.82. The van der Waals surface area contributed by atoms with Crippen LogP contribution in [0.3, 0.4) is 0 Å². The highest BCUT2D eigenvalue weighted by atomic mass is 79.9. The van der Waals surface area contributed by atoms with Gasteiger partial charge in [0.1, 0.15) is 16.5 Å². The molecule has 25 heavy (non-hydrogen) atoms. The van der Waals surface area contributed by atoms with Crippen LogP contribution in [0.1, 0.15) is 32.5 Å². The van der Waals surface area contributed by atoms with Crippen LogP contribution in [0, 0.1) is 11.3 Å². The predicted molar refractivity (Wildman–Crippen MR) is 103 cm³/mol. The SMILES string of the molecule is CC(C)(C)N1CCN(C(C#N)c2[nH]c(-c3ccccc3)nc2Br)CC1. The van der Waals surface area contributed by atoms with Crippen LogP contribution in [-0.4, -0.2) is 51.5 Å². The van der Waals surface area contributed by atoms with Crippen molar-refractivity contribution in [3.05, 3.63) is 40.6 Å². The summed E-state index contributed by atoms with van der Waals surface area (Å²) in [4.78, 5) is 12.6. The maximum Gasteiger partial charge on any atom is 0.141 e. The van der Waals surface area contributed by atoms with E-state index in [0.29, 0.717) is 0 Å². The first kappa shape index (κ1) is 18.1. The van der Waals surface area contributed by atoms with Gasteiger partial charge in [-0.25, -0.2) is 4.98 Å². The molecule has 1 aliphatic heterocycles. The number of aromatic amines is 1. The van der Waals surface area contributed by atoms with Crippen molar-refractivity contribution in [2.45, 2.75) is 32.4 Å². The van der Waals surface area contributed by atoms with Gasteiger partial charge in [0.15, 0.2) is 0 Å². The smallest absolute Gasteiger partial charge is 0.141 e. The third-order valence-electron chi connectivity index (χ3n) is 4.76. The minimum absolute atomic E-state index is 0.170.